The number of aliphatic hydroxyl groups excluding tert-OH is 2. The molecular formula is C31H47NaO6. The topological polar surface area (TPSA) is 107 Å². The molecule has 4 rings (SSSR count). The van der Waals surface area contributed by atoms with E-state index in [1.807, 2.05) is 19.9 Å². The van der Waals surface area contributed by atoms with E-state index in [4.69, 9.17) is 4.74 Å². The van der Waals surface area contributed by atoms with Crippen molar-refractivity contribution in [3.8, 4) is 0 Å². The molecule has 0 aromatic heterocycles. The maximum absolute atomic E-state index is 12.5. The van der Waals surface area contributed by atoms with Crippen molar-refractivity contribution in [2.75, 3.05) is 0 Å². The van der Waals surface area contributed by atoms with Crippen molar-refractivity contribution in [3.63, 3.8) is 0 Å². The van der Waals surface area contributed by atoms with Crippen molar-refractivity contribution in [2.45, 2.75) is 118 Å². The Morgan fingerprint density at radius 3 is 2.29 bits per heavy atom. The zero-order chi connectivity index (χ0) is 27.5. The van der Waals surface area contributed by atoms with Crippen LogP contribution in [0.2, 0.25) is 0 Å². The van der Waals surface area contributed by atoms with Crippen LogP contribution >= 0.6 is 0 Å². The summed E-state index contributed by atoms with van der Waals surface area (Å²) in [6.45, 7) is 14.4. The van der Waals surface area contributed by atoms with Crippen molar-refractivity contribution < 1.29 is 59.2 Å². The van der Waals surface area contributed by atoms with Gasteiger partial charge in [-0.05, 0) is 116 Å². The second-order valence-electron chi connectivity index (χ2n) is 13.6. The van der Waals surface area contributed by atoms with Gasteiger partial charge in [0, 0.05) is 6.92 Å². The normalized spacial score (nSPS) is 45.0. The Kier molecular flexibility index (Phi) is 9.49. The molecule has 38 heavy (non-hydrogen) atoms. The van der Waals surface area contributed by atoms with E-state index >= 15 is 0 Å². The molecule has 10 unspecified atom stereocenters. The Bertz CT molecular complexity index is 1000. The van der Waals surface area contributed by atoms with Gasteiger partial charge in [0.25, 0.3) is 0 Å². The van der Waals surface area contributed by atoms with Crippen LogP contribution in [0.25, 0.3) is 0 Å². The van der Waals surface area contributed by atoms with E-state index in [1.165, 1.54) is 6.92 Å². The largest absolute Gasteiger partial charge is 1.00 e. The van der Waals surface area contributed by atoms with Crippen molar-refractivity contribution >= 4 is 11.9 Å². The number of aliphatic carboxylic acids is 1. The quantitative estimate of drug-likeness (QED) is 0.237. The van der Waals surface area contributed by atoms with Crippen molar-refractivity contribution in [3.05, 3.63) is 22.8 Å². The van der Waals surface area contributed by atoms with E-state index in [-0.39, 0.29) is 75.2 Å². The first-order chi connectivity index (χ1) is 17.2. The summed E-state index contributed by atoms with van der Waals surface area (Å²) < 4.78 is 5.84. The molecule has 6 nitrogen and oxygen atoms in total. The fourth-order valence-electron chi connectivity index (χ4n) is 9.78. The molecule has 2 N–H and O–H groups in total. The molecule has 0 bridgehead atoms. The molecule has 0 aromatic rings. The molecule has 4 aliphatic carbocycles. The van der Waals surface area contributed by atoms with E-state index in [9.17, 15) is 24.9 Å². The first kappa shape index (κ1) is 31.9. The molecular weight excluding hydrogens is 491 g/mol. The SMILES string of the molecule is CC(=O)OC1CC2(C)C(CC(O)C3C4(C)CCC(O)C(C)C4CCC32C)/C1=C(/CCC=C(C)C)C(=O)[O-].[Na+]. The second kappa shape index (κ2) is 11.3. The fourth-order valence-corrected chi connectivity index (χ4v) is 9.78. The number of carbonyl (C=O) groups is 2. The first-order valence-corrected chi connectivity index (χ1v) is 14.3. The Labute approximate surface area is 251 Å². The van der Waals surface area contributed by atoms with E-state index < -0.39 is 24.1 Å². The predicted molar refractivity (Wildman–Crippen MR) is 140 cm³/mol. The van der Waals surface area contributed by atoms with Crippen LogP contribution in [0, 0.1) is 39.9 Å². The third-order valence-electron chi connectivity index (χ3n) is 11.6. The number of carboxylic acid groups (broad SMARTS) is 1. The maximum atomic E-state index is 12.5. The van der Waals surface area contributed by atoms with E-state index in [1.54, 1.807) is 0 Å². The monoisotopic (exact) mass is 538 g/mol. The van der Waals surface area contributed by atoms with Gasteiger partial charge in [0.2, 0.25) is 0 Å². The number of esters is 1. The summed E-state index contributed by atoms with van der Waals surface area (Å²) in [6.07, 6.45) is 5.92. The van der Waals surface area contributed by atoms with Crippen LogP contribution in [0.15, 0.2) is 22.8 Å². The van der Waals surface area contributed by atoms with Gasteiger partial charge in [0.05, 0.1) is 18.2 Å². The van der Waals surface area contributed by atoms with Gasteiger partial charge in [0.1, 0.15) is 6.10 Å². The van der Waals surface area contributed by atoms with Crippen LogP contribution in [0.3, 0.4) is 0 Å². The fraction of sp³-hybridized carbons (Fsp3) is 0.806. The minimum absolute atomic E-state index is 0. The minimum atomic E-state index is -1.20. The van der Waals surface area contributed by atoms with Gasteiger partial charge < -0.3 is 24.9 Å². The molecule has 0 heterocycles. The zero-order valence-corrected chi connectivity index (χ0v) is 26.8. The standard InChI is InChI=1S/C31H48O6.Na/c1-17(2)9-8-10-20(28(35)36)26-22-15-24(34)27-29(5)13-12-23(33)18(3)21(29)11-14-30(27,6)31(22,7)16-25(26)37-19(4)32;/h9,18,21-25,27,33-34H,8,10-16H2,1-7H3,(H,35,36);/q;+1/p-1/b26-20+;. The van der Waals surface area contributed by atoms with Gasteiger partial charge in [-0.3, -0.25) is 4.79 Å². The summed E-state index contributed by atoms with van der Waals surface area (Å²) in [6, 6.07) is 0. The van der Waals surface area contributed by atoms with Gasteiger partial charge in [-0.25, -0.2) is 0 Å². The number of hydrogen-bond donors (Lipinski definition) is 2. The maximum Gasteiger partial charge on any atom is 1.00 e. The Morgan fingerprint density at radius 1 is 1.05 bits per heavy atom. The summed E-state index contributed by atoms with van der Waals surface area (Å²) >= 11 is 0. The zero-order valence-electron chi connectivity index (χ0n) is 24.8. The molecule has 208 valence electrons. The number of hydrogen-bond acceptors (Lipinski definition) is 6. The van der Waals surface area contributed by atoms with Crippen LogP contribution in [-0.2, 0) is 14.3 Å². The number of allylic oxidation sites excluding steroid dienone is 2. The summed E-state index contributed by atoms with van der Waals surface area (Å²) in [4.78, 5) is 24.7. The average Bonchev–Trinajstić information content (AvgIpc) is 3.05. The molecule has 10 atom stereocenters. The number of carbonyl (C=O) groups excluding carboxylic acids is 2. The molecule has 0 aliphatic heterocycles. The smallest absolute Gasteiger partial charge is 0.545 e. The predicted octanol–water partition coefficient (Wildman–Crippen LogP) is 1.34. The minimum Gasteiger partial charge on any atom is -0.545 e. The summed E-state index contributed by atoms with van der Waals surface area (Å²) in [5.74, 6) is -1.25. The number of rotatable bonds is 5. The van der Waals surface area contributed by atoms with Crippen molar-refractivity contribution in [1.82, 2.24) is 0 Å². The average molecular weight is 539 g/mol. The second-order valence-corrected chi connectivity index (χ2v) is 13.6. The summed E-state index contributed by atoms with van der Waals surface area (Å²) in [5, 5.41) is 35.0. The molecule has 4 aliphatic rings. The van der Waals surface area contributed by atoms with Gasteiger partial charge in [0.15, 0.2) is 0 Å². The number of carboxylic acids is 1. The van der Waals surface area contributed by atoms with Gasteiger partial charge in [-0.15, -0.1) is 0 Å². The van der Waals surface area contributed by atoms with Crippen molar-refractivity contribution in [1.29, 1.82) is 0 Å². The third-order valence-corrected chi connectivity index (χ3v) is 11.6. The first-order valence-electron chi connectivity index (χ1n) is 14.3. The molecule has 0 amide bonds. The molecule has 0 saturated heterocycles. The summed E-state index contributed by atoms with van der Waals surface area (Å²) in [7, 11) is 0. The van der Waals surface area contributed by atoms with E-state index in [0.29, 0.717) is 37.2 Å². The van der Waals surface area contributed by atoms with Crippen LogP contribution in [0.1, 0.15) is 99.8 Å². The van der Waals surface area contributed by atoms with Crippen molar-refractivity contribution in [2.24, 2.45) is 39.9 Å². The molecule has 0 radical (unpaired) electrons. The van der Waals surface area contributed by atoms with Gasteiger partial charge in [-0.2, -0.15) is 0 Å². The van der Waals surface area contributed by atoms with Crippen LogP contribution in [0.4, 0.5) is 0 Å². The number of aliphatic hydroxyl groups is 2. The van der Waals surface area contributed by atoms with Crippen LogP contribution in [-0.4, -0.2) is 40.5 Å². The number of ether oxygens (including phenoxy) is 1. The van der Waals surface area contributed by atoms with Gasteiger partial charge in [-0.1, -0.05) is 39.3 Å². The third kappa shape index (κ3) is 5.00. The van der Waals surface area contributed by atoms with E-state index in [0.717, 1.165) is 31.3 Å². The van der Waals surface area contributed by atoms with Gasteiger partial charge >= 0.3 is 35.5 Å². The van der Waals surface area contributed by atoms with Crippen LogP contribution in [0.5, 0.6) is 0 Å². The molecule has 7 heteroatoms. The molecule has 4 saturated carbocycles. The Balaban J connectivity index is 0.00000400. The molecule has 0 aromatic carbocycles. The Hall–Kier alpha value is -0.660. The summed E-state index contributed by atoms with van der Waals surface area (Å²) in [5.41, 5.74) is 1.31. The van der Waals surface area contributed by atoms with E-state index in [2.05, 4.69) is 27.7 Å². The van der Waals surface area contributed by atoms with Crippen LogP contribution < -0.4 is 34.7 Å². The number of fused-ring (bicyclic) bond motifs is 5. The Morgan fingerprint density at radius 2 is 1.71 bits per heavy atom. The molecule has 4 fully saturated rings. The molecule has 0 spiro atoms.